The third-order valence-electron chi connectivity index (χ3n) is 8.05. The van der Waals surface area contributed by atoms with Crippen molar-refractivity contribution in [3.05, 3.63) is 29.8 Å². The number of hydrogen-bond donors (Lipinski definition) is 6. The van der Waals surface area contributed by atoms with Crippen molar-refractivity contribution in [1.29, 1.82) is 0 Å². The van der Waals surface area contributed by atoms with Crippen LogP contribution in [0.2, 0.25) is 0 Å². The van der Waals surface area contributed by atoms with Gasteiger partial charge in [0.2, 0.25) is 5.91 Å². The summed E-state index contributed by atoms with van der Waals surface area (Å²) in [5.41, 5.74) is 8.93. The van der Waals surface area contributed by atoms with Crippen molar-refractivity contribution >= 4 is 47.0 Å². The first kappa shape index (κ1) is 34.2. The van der Waals surface area contributed by atoms with Gasteiger partial charge in [0.15, 0.2) is 0 Å². The fourth-order valence-electron chi connectivity index (χ4n) is 5.46. The van der Waals surface area contributed by atoms with Gasteiger partial charge < -0.3 is 30.4 Å². The van der Waals surface area contributed by atoms with Crippen LogP contribution in [0.1, 0.15) is 37.7 Å². The molecule has 1 aromatic rings. The number of carbonyl (C=O) groups excluding carboxylic acids is 2. The van der Waals surface area contributed by atoms with E-state index in [1.807, 2.05) is 7.05 Å². The molecule has 0 aliphatic carbocycles. The summed E-state index contributed by atoms with van der Waals surface area (Å²) in [6, 6.07) is 8.55. The number of hydrazine groups is 1. The maximum absolute atomic E-state index is 12.6. The molecule has 2 fully saturated rings. The average molecular weight is 627 g/mol. The molecule has 0 aromatic heterocycles. The lowest BCUT2D eigenvalue weighted by Gasteiger charge is -2.30. The van der Waals surface area contributed by atoms with E-state index in [0.29, 0.717) is 25.3 Å². The van der Waals surface area contributed by atoms with Gasteiger partial charge in [0.1, 0.15) is 5.92 Å². The number of hydrogen-bond acceptors (Lipinski definition) is 7. The third kappa shape index (κ3) is 11.1. The summed E-state index contributed by atoms with van der Waals surface area (Å²) in [7, 11) is 6.38. The lowest BCUT2D eigenvalue weighted by Crippen LogP contribution is -2.44. The van der Waals surface area contributed by atoms with Crippen LogP contribution in [0.25, 0.3) is 0 Å². The van der Waals surface area contributed by atoms with Crippen LogP contribution in [0.3, 0.4) is 0 Å². The van der Waals surface area contributed by atoms with Gasteiger partial charge in [0.25, 0.3) is 0 Å². The number of aliphatic carboxylic acids is 1. The van der Waals surface area contributed by atoms with Crippen molar-refractivity contribution < 1.29 is 24.0 Å². The Morgan fingerprint density at radius 1 is 1.12 bits per heavy atom. The summed E-state index contributed by atoms with van der Waals surface area (Å²) in [4.78, 5) is 38.1. The molecule has 0 radical (unpaired) electrons. The lowest BCUT2D eigenvalue weighted by molar-refractivity contribution is -0.890. The number of fused-ring (bicyclic) bond motifs is 1. The SMILES string of the molecule is CN(CCCl)c1ccc(CNNCCC[N+](C)(C)CCCNC(=O)C(CCC[C@@H]2SC[C@@H]3NC(=O)N[C@@H]32)C(=O)O)cc1. The van der Waals surface area contributed by atoms with Crippen LogP contribution in [0, 0.1) is 5.92 Å². The molecule has 1 unspecified atom stereocenters. The van der Waals surface area contributed by atoms with Crippen molar-refractivity contribution in [2.75, 3.05) is 70.4 Å². The van der Waals surface area contributed by atoms with E-state index in [1.54, 1.807) is 11.8 Å². The van der Waals surface area contributed by atoms with Crippen LogP contribution in [0.5, 0.6) is 0 Å². The molecule has 2 saturated heterocycles. The Balaban J connectivity index is 1.24. The van der Waals surface area contributed by atoms with Gasteiger partial charge in [0, 0.05) is 68.6 Å². The molecule has 42 heavy (non-hydrogen) atoms. The highest BCUT2D eigenvalue weighted by Gasteiger charge is 2.42. The Hall–Kier alpha value is -2.25. The number of carboxylic acid groups (broad SMARTS) is 1. The number of urea groups is 1. The Labute approximate surface area is 259 Å². The molecular formula is C29H49ClN7O4S+. The van der Waals surface area contributed by atoms with Gasteiger partial charge in [-0.15, -0.1) is 11.6 Å². The van der Waals surface area contributed by atoms with Crippen molar-refractivity contribution in [2.45, 2.75) is 56.0 Å². The minimum atomic E-state index is -1.08. The first-order valence-corrected chi connectivity index (χ1v) is 16.5. The maximum atomic E-state index is 12.6. The molecule has 3 rings (SSSR count). The number of amides is 3. The van der Waals surface area contributed by atoms with Crippen LogP contribution in [0.4, 0.5) is 10.5 Å². The number of anilines is 1. The molecule has 0 saturated carbocycles. The molecule has 4 atom stereocenters. The van der Waals surface area contributed by atoms with E-state index in [2.05, 4.69) is 70.1 Å². The van der Waals surface area contributed by atoms with Crippen molar-refractivity contribution in [3.63, 3.8) is 0 Å². The van der Waals surface area contributed by atoms with Crippen LogP contribution >= 0.6 is 23.4 Å². The predicted molar refractivity (Wildman–Crippen MR) is 170 cm³/mol. The molecule has 0 bridgehead atoms. The van der Waals surface area contributed by atoms with Gasteiger partial charge in [0.05, 0.1) is 39.3 Å². The quantitative estimate of drug-likeness (QED) is 0.0323. The molecule has 2 heterocycles. The molecule has 13 heteroatoms. The highest BCUT2D eigenvalue weighted by molar-refractivity contribution is 8.00. The number of thioether (sulfide) groups is 1. The average Bonchev–Trinajstić information content (AvgIpc) is 3.50. The van der Waals surface area contributed by atoms with E-state index >= 15 is 0 Å². The molecule has 2 aliphatic heterocycles. The van der Waals surface area contributed by atoms with Gasteiger partial charge in [-0.05, 0) is 30.5 Å². The number of nitrogens with zero attached hydrogens (tertiary/aromatic N) is 2. The normalized spacial score (nSPS) is 20.5. The van der Waals surface area contributed by atoms with E-state index in [4.69, 9.17) is 11.6 Å². The van der Waals surface area contributed by atoms with Crippen LogP contribution in [-0.2, 0) is 16.1 Å². The number of rotatable bonds is 20. The summed E-state index contributed by atoms with van der Waals surface area (Å²) in [5.74, 6) is -1.06. The van der Waals surface area contributed by atoms with Crippen LogP contribution in [0.15, 0.2) is 24.3 Å². The second-order valence-electron chi connectivity index (χ2n) is 11.9. The smallest absolute Gasteiger partial charge is 0.316 e. The molecule has 0 spiro atoms. The molecule has 236 valence electrons. The highest BCUT2D eigenvalue weighted by atomic mass is 35.5. The Morgan fingerprint density at radius 2 is 1.83 bits per heavy atom. The van der Waals surface area contributed by atoms with E-state index < -0.39 is 17.8 Å². The first-order valence-electron chi connectivity index (χ1n) is 14.9. The maximum Gasteiger partial charge on any atom is 0.316 e. The second-order valence-corrected chi connectivity index (χ2v) is 13.5. The zero-order chi connectivity index (χ0) is 30.5. The Morgan fingerprint density at radius 3 is 2.52 bits per heavy atom. The summed E-state index contributed by atoms with van der Waals surface area (Å²) in [6.07, 6.45) is 3.49. The van der Waals surface area contributed by atoms with Gasteiger partial charge in [-0.3, -0.25) is 20.4 Å². The number of alkyl halides is 1. The minimum absolute atomic E-state index is 0.0884. The molecule has 3 amide bonds. The highest BCUT2D eigenvalue weighted by Crippen LogP contribution is 2.33. The zero-order valence-electron chi connectivity index (χ0n) is 25.2. The topological polar surface area (TPSA) is 135 Å². The van der Waals surface area contributed by atoms with Crippen LogP contribution in [-0.4, -0.2) is 110 Å². The van der Waals surface area contributed by atoms with Crippen molar-refractivity contribution in [1.82, 2.24) is 26.8 Å². The van der Waals surface area contributed by atoms with E-state index in [9.17, 15) is 19.5 Å². The summed E-state index contributed by atoms with van der Waals surface area (Å²) >= 11 is 7.61. The molecule has 1 aromatic carbocycles. The Bertz CT molecular complexity index is 1020. The lowest BCUT2D eigenvalue weighted by atomic mass is 9.97. The fraction of sp³-hybridized carbons (Fsp3) is 0.690. The van der Waals surface area contributed by atoms with Crippen LogP contribution < -0.4 is 31.7 Å². The van der Waals surface area contributed by atoms with Gasteiger partial charge >= 0.3 is 12.0 Å². The first-order chi connectivity index (χ1) is 20.1. The summed E-state index contributed by atoms with van der Waals surface area (Å²) < 4.78 is 0.823. The molecular weight excluding hydrogens is 578 g/mol. The number of carboxylic acids is 1. The minimum Gasteiger partial charge on any atom is -0.481 e. The largest absolute Gasteiger partial charge is 0.481 e. The summed E-state index contributed by atoms with van der Waals surface area (Å²) in [6.45, 7) is 4.74. The third-order valence-corrected chi connectivity index (χ3v) is 9.73. The number of carbonyl (C=O) groups is 3. The second kappa shape index (κ2) is 17.1. The molecule has 6 N–H and O–H groups in total. The standard InChI is InChI=1S/C29H48ClN7O4S/c1-36(16-13-30)22-11-9-21(10-12-22)19-33-32-15-6-18-37(2,3)17-5-14-31-27(38)23(28(39)40)7-4-8-25-26-24(20-42-25)34-29(41)35-26/h9-12,23-26,32-33H,4-8,13-20H2,1-3H3,(H3-,31,34,35,38,39,40,41)/p+1/t23?,24-,25-,26-/m0/s1. The van der Waals surface area contributed by atoms with Crippen molar-refractivity contribution in [3.8, 4) is 0 Å². The van der Waals surface area contributed by atoms with Crippen molar-refractivity contribution in [2.24, 2.45) is 5.92 Å². The molecule has 2 aliphatic rings. The number of nitrogens with one attached hydrogen (secondary N) is 5. The summed E-state index contributed by atoms with van der Waals surface area (Å²) in [5, 5.41) is 18.6. The number of quaternary nitrogens is 1. The number of benzene rings is 1. The van der Waals surface area contributed by atoms with Gasteiger partial charge in [-0.1, -0.05) is 18.6 Å². The van der Waals surface area contributed by atoms with E-state index in [0.717, 1.165) is 67.9 Å². The van der Waals surface area contributed by atoms with E-state index in [-0.39, 0.29) is 23.4 Å². The van der Waals surface area contributed by atoms with E-state index in [1.165, 1.54) is 5.56 Å². The fourth-order valence-corrected chi connectivity index (χ4v) is 7.26. The monoisotopic (exact) mass is 626 g/mol. The van der Waals surface area contributed by atoms with Gasteiger partial charge in [-0.25, -0.2) is 4.79 Å². The zero-order valence-corrected chi connectivity index (χ0v) is 26.7. The molecule has 11 nitrogen and oxygen atoms in total. The number of halogens is 1. The van der Waals surface area contributed by atoms with Gasteiger partial charge in [-0.2, -0.15) is 11.8 Å². The Kier molecular flexibility index (Phi) is 14.0. The predicted octanol–water partition coefficient (Wildman–Crippen LogP) is 1.97.